The number of para-hydroxylation sites is 1. The van der Waals surface area contributed by atoms with Gasteiger partial charge in [-0.15, -0.1) is 11.8 Å². The standard InChI is InChI=1S/C16H18N2O2S/c1-3-20-16(19)13-8-5-9-14(17)15(13)18-11-6-4-7-12(10-11)21-2/h4-10,18H,3,17H2,1-2H3. The molecule has 5 heteroatoms. The third-order valence-corrected chi connectivity index (χ3v) is 3.66. The molecule has 0 saturated heterocycles. The number of rotatable bonds is 5. The molecule has 0 aliphatic rings. The molecule has 0 atom stereocenters. The second-order valence-corrected chi connectivity index (χ2v) is 5.23. The Labute approximate surface area is 128 Å². The molecule has 4 nitrogen and oxygen atoms in total. The van der Waals surface area contributed by atoms with E-state index in [-0.39, 0.29) is 5.97 Å². The minimum atomic E-state index is -0.381. The summed E-state index contributed by atoms with van der Waals surface area (Å²) in [5, 5.41) is 3.22. The number of hydrogen-bond acceptors (Lipinski definition) is 5. The minimum Gasteiger partial charge on any atom is -0.462 e. The number of anilines is 3. The number of thioether (sulfide) groups is 1. The van der Waals surface area contributed by atoms with Crippen molar-refractivity contribution in [2.75, 3.05) is 23.9 Å². The molecule has 0 fully saturated rings. The van der Waals surface area contributed by atoms with E-state index in [1.807, 2.05) is 30.5 Å². The monoisotopic (exact) mass is 302 g/mol. The molecule has 0 spiro atoms. The SMILES string of the molecule is CCOC(=O)c1cccc(N)c1Nc1cccc(SC)c1. The summed E-state index contributed by atoms with van der Waals surface area (Å²) in [6.45, 7) is 2.11. The van der Waals surface area contributed by atoms with Crippen LogP contribution in [-0.2, 0) is 4.74 Å². The predicted octanol–water partition coefficient (Wildman–Crippen LogP) is 3.91. The van der Waals surface area contributed by atoms with Crippen LogP contribution >= 0.6 is 11.8 Å². The van der Waals surface area contributed by atoms with Crippen LogP contribution in [0, 0.1) is 0 Å². The molecule has 0 aromatic heterocycles. The lowest BCUT2D eigenvalue weighted by Crippen LogP contribution is -2.09. The van der Waals surface area contributed by atoms with Crippen molar-refractivity contribution in [1.82, 2.24) is 0 Å². The number of nitrogens with one attached hydrogen (secondary N) is 1. The van der Waals surface area contributed by atoms with Gasteiger partial charge in [0.15, 0.2) is 0 Å². The van der Waals surface area contributed by atoms with Crippen molar-refractivity contribution in [3.8, 4) is 0 Å². The van der Waals surface area contributed by atoms with Gasteiger partial charge in [-0.25, -0.2) is 4.79 Å². The molecular formula is C16H18N2O2S. The average molecular weight is 302 g/mol. The van der Waals surface area contributed by atoms with E-state index < -0.39 is 0 Å². The molecule has 3 N–H and O–H groups in total. The number of esters is 1. The molecule has 0 unspecified atom stereocenters. The quantitative estimate of drug-likeness (QED) is 0.498. The first-order chi connectivity index (χ1) is 10.2. The zero-order valence-electron chi connectivity index (χ0n) is 12.1. The molecule has 0 aliphatic carbocycles. The summed E-state index contributed by atoms with van der Waals surface area (Å²) < 4.78 is 5.07. The maximum atomic E-state index is 12.0. The van der Waals surface area contributed by atoms with E-state index in [0.717, 1.165) is 10.6 Å². The van der Waals surface area contributed by atoms with Crippen molar-refractivity contribution in [2.24, 2.45) is 0 Å². The van der Waals surface area contributed by atoms with E-state index in [1.165, 1.54) is 0 Å². The van der Waals surface area contributed by atoms with Gasteiger partial charge in [0.25, 0.3) is 0 Å². The lowest BCUT2D eigenvalue weighted by atomic mass is 10.1. The molecule has 0 amide bonds. The van der Waals surface area contributed by atoms with E-state index in [0.29, 0.717) is 23.5 Å². The van der Waals surface area contributed by atoms with Crippen LogP contribution in [0.25, 0.3) is 0 Å². The zero-order chi connectivity index (χ0) is 15.2. The zero-order valence-corrected chi connectivity index (χ0v) is 12.9. The molecule has 0 aliphatic heterocycles. The van der Waals surface area contributed by atoms with Gasteiger partial charge >= 0.3 is 5.97 Å². The van der Waals surface area contributed by atoms with Gasteiger partial charge in [0.1, 0.15) is 0 Å². The summed E-state index contributed by atoms with van der Waals surface area (Å²) in [5.41, 5.74) is 8.40. The number of hydrogen-bond donors (Lipinski definition) is 2. The van der Waals surface area contributed by atoms with Crippen LogP contribution in [-0.4, -0.2) is 18.8 Å². The Morgan fingerprint density at radius 1 is 1.29 bits per heavy atom. The first-order valence-corrected chi connectivity index (χ1v) is 7.85. The van der Waals surface area contributed by atoms with E-state index in [9.17, 15) is 4.79 Å². The third-order valence-electron chi connectivity index (χ3n) is 2.93. The Hall–Kier alpha value is -2.14. The molecule has 0 saturated carbocycles. The summed E-state index contributed by atoms with van der Waals surface area (Å²) in [7, 11) is 0. The van der Waals surface area contributed by atoms with Crippen molar-refractivity contribution >= 4 is 34.8 Å². The van der Waals surface area contributed by atoms with Crippen LogP contribution in [0.2, 0.25) is 0 Å². The van der Waals surface area contributed by atoms with Crippen LogP contribution in [0.1, 0.15) is 17.3 Å². The minimum absolute atomic E-state index is 0.328. The summed E-state index contributed by atoms with van der Waals surface area (Å²) >= 11 is 1.65. The summed E-state index contributed by atoms with van der Waals surface area (Å²) in [6, 6.07) is 13.1. The van der Waals surface area contributed by atoms with Gasteiger partial charge in [-0.1, -0.05) is 12.1 Å². The molecular weight excluding hydrogens is 284 g/mol. The maximum Gasteiger partial charge on any atom is 0.340 e. The molecule has 2 aromatic rings. The Morgan fingerprint density at radius 3 is 2.76 bits per heavy atom. The van der Waals surface area contributed by atoms with Crippen LogP contribution in [0.15, 0.2) is 47.4 Å². The third kappa shape index (κ3) is 3.70. The predicted molar refractivity (Wildman–Crippen MR) is 88.3 cm³/mol. The summed E-state index contributed by atoms with van der Waals surface area (Å²) in [6.07, 6.45) is 2.01. The molecule has 2 rings (SSSR count). The number of benzene rings is 2. The van der Waals surface area contributed by atoms with E-state index in [4.69, 9.17) is 10.5 Å². The summed E-state index contributed by atoms with van der Waals surface area (Å²) in [5.74, 6) is -0.381. The van der Waals surface area contributed by atoms with Gasteiger partial charge in [-0.05, 0) is 43.5 Å². The highest BCUT2D eigenvalue weighted by Crippen LogP contribution is 2.29. The Balaban J connectivity index is 2.36. The lowest BCUT2D eigenvalue weighted by Gasteiger charge is -2.14. The van der Waals surface area contributed by atoms with Crippen molar-refractivity contribution < 1.29 is 9.53 Å². The van der Waals surface area contributed by atoms with Gasteiger partial charge in [-0.2, -0.15) is 0 Å². The van der Waals surface area contributed by atoms with Crippen molar-refractivity contribution in [1.29, 1.82) is 0 Å². The van der Waals surface area contributed by atoms with Gasteiger partial charge in [0.2, 0.25) is 0 Å². The van der Waals surface area contributed by atoms with Crippen molar-refractivity contribution in [2.45, 2.75) is 11.8 Å². The number of carbonyl (C=O) groups excluding carboxylic acids is 1. The van der Waals surface area contributed by atoms with Crippen molar-refractivity contribution in [3.05, 3.63) is 48.0 Å². The molecule has 0 heterocycles. The van der Waals surface area contributed by atoms with Crippen molar-refractivity contribution in [3.63, 3.8) is 0 Å². The fourth-order valence-electron chi connectivity index (χ4n) is 1.93. The molecule has 0 radical (unpaired) electrons. The molecule has 21 heavy (non-hydrogen) atoms. The number of carbonyl (C=O) groups is 1. The fraction of sp³-hybridized carbons (Fsp3) is 0.188. The van der Waals surface area contributed by atoms with Gasteiger partial charge < -0.3 is 15.8 Å². The molecule has 0 bridgehead atoms. The normalized spacial score (nSPS) is 10.2. The first-order valence-electron chi connectivity index (χ1n) is 6.62. The number of ether oxygens (including phenoxy) is 1. The van der Waals surface area contributed by atoms with E-state index in [1.54, 1.807) is 36.9 Å². The largest absolute Gasteiger partial charge is 0.462 e. The van der Waals surface area contributed by atoms with Gasteiger partial charge in [0, 0.05) is 10.6 Å². The van der Waals surface area contributed by atoms with E-state index >= 15 is 0 Å². The topological polar surface area (TPSA) is 64.3 Å². The number of nitrogens with two attached hydrogens (primary N) is 1. The lowest BCUT2D eigenvalue weighted by molar-refractivity contribution is 0.0527. The second kappa shape index (κ2) is 7.04. The smallest absolute Gasteiger partial charge is 0.340 e. The van der Waals surface area contributed by atoms with E-state index in [2.05, 4.69) is 5.32 Å². The van der Waals surface area contributed by atoms with Gasteiger partial charge in [0.05, 0.1) is 23.5 Å². The highest BCUT2D eigenvalue weighted by atomic mass is 32.2. The fourth-order valence-corrected chi connectivity index (χ4v) is 2.39. The first kappa shape index (κ1) is 15.3. The van der Waals surface area contributed by atoms with Crippen LogP contribution < -0.4 is 11.1 Å². The Kier molecular flexibility index (Phi) is 5.11. The van der Waals surface area contributed by atoms with Crippen LogP contribution in [0.5, 0.6) is 0 Å². The van der Waals surface area contributed by atoms with Crippen LogP contribution in [0.3, 0.4) is 0 Å². The number of nitrogen functional groups attached to an aromatic ring is 1. The summed E-state index contributed by atoms with van der Waals surface area (Å²) in [4.78, 5) is 13.1. The molecule has 2 aromatic carbocycles. The highest BCUT2D eigenvalue weighted by molar-refractivity contribution is 7.98. The highest BCUT2D eigenvalue weighted by Gasteiger charge is 2.15. The molecule has 110 valence electrons. The van der Waals surface area contributed by atoms with Crippen LogP contribution in [0.4, 0.5) is 17.1 Å². The maximum absolute atomic E-state index is 12.0. The second-order valence-electron chi connectivity index (χ2n) is 4.35. The average Bonchev–Trinajstić information content (AvgIpc) is 2.49. The Bertz CT molecular complexity index is 644. The Morgan fingerprint density at radius 2 is 2.05 bits per heavy atom. The van der Waals surface area contributed by atoms with Gasteiger partial charge in [-0.3, -0.25) is 0 Å².